The number of aromatic nitrogens is 2. The van der Waals surface area contributed by atoms with Crippen LogP contribution in [0, 0.1) is 0 Å². The first-order valence-corrected chi connectivity index (χ1v) is 7.03. The van der Waals surface area contributed by atoms with E-state index in [9.17, 15) is 4.79 Å². The molecule has 3 aromatic rings. The van der Waals surface area contributed by atoms with Crippen LogP contribution < -0.4 is 5.32 Å². The van der Waals surface area contributed by atoms with Gasteiger partial charge < -0.3 is 9.88 Å². The Morgan fingerprint density at radius 1 is 1.10 bits per heavy atom. The monoisotopic (exact) mass is 279 g/mol. The second-order valence-corrected chi connectivity index (χ2v) is 4.92. The lowest BCUT2D eigenvalue weighted by atomic mass is 10.2. The highest BCUT2D eigenvalue weighted by Crippen LogP contribution is 2.14. The fraction of sp³-hybridized carbons (Fsp3) is 0.176. The number of carbonyl (C=O) groups excluding carboxylic acids is 1. The highest BCUT2D eigenvalue weighted by molar-refractivity contribution is 5.83. The molecule has 2 heterocycles. The number of carbonyl (C=O) groups is 1. The smallest absolute Gasteiger partial charge is 0.239 e. The molecule has 0 fully saturated rings. The van der Waals surface area contributed by atoms with Crippen LogP contribution >= 0.6 is 0 Å². The number of rotatable bonds is 5. The summed E-state index contributed by atoms with van der Waals surface area (Å²) in [5, 5.41) is 4.09. The SMILES string of the molecule is O=C(Cn1ccc2ccccc21)NCCc1ccccn1. The molecule has 0 saturated heterocycles. The zero-order valence-electron chi connectivity index (χ0n) is 11.7. The quantitative estimate of drug-likeness (QED) is 0.779. The Hall–Kier alpha value is -2.62. The van der Waals surface area contributed by atoms with E-state index in [1.54, 1.807) is 6.20 Å². The Bertz CT molecular complexity index is 734. The van der Waals surface area contributed by atoms with Gasteiger partial charge in [-0.05, 0) is 29.7 Å². The number of hydrogen-bond acceptors (Lipinski definition) is 2. The maximum atomic E-state index is 12.0. The van der Waals surface area contributed by atoms with E-state index >= 15 is 0 Å². The van der Waals surface area contributed by atoms with Crippen molar-refractivity contribution < 1.29 is 4.79 Å². The summed E-state index contributed by atoms with van der Waals surface area (Å²) in [5.74, 6) is 0.0206. The summed E-state index contributed by atoms with van der Waals surface area (Å²) in [4.78, 5) is 16.2. The Morgan fingerprint density at radius 2 is 1.95 bits per heavy atom. The van der Waals surface area contributed by atoms with Gasteiger partial charge in [0.05, 0.1) is 0 Å². The van der Waals surface area contributed by atoms with Gasteiger partial charge in [-0.1, -0.05) is 24.3 Å². The molecule has 4 nitrogen and oxygen atoms in total. The molecule has 2 aromatic heterocycles. The number of para-hydroxylation sites is 1. The first kappa shape index (κ1) is 13.4. The summed E-state index contributed by atoms with van der Waals surface area (Å²) in [6, 6.07) is 15.9. The second-order valence-electron chi connectivity index (χ2n) is 4.92. The van der Waals surface area contributed by atoms with E-state index in [2.05, 4.69) is 10.3 Å². The summed E-state index contributed by atoms with van der Waals surface area (Å²) < 4.78 is 1.96. The summed E-state index contributed by atoms with van der Waals surface area (Å²) in [6.45, 7) is 0.949. The molecule has 0 aliphatic carbocycles. The van der Waals surface area contributed by atoms with Crippen molar-refractivity contribution in [1.29, 1.82) is 0 Å². The van der Waals surface area contributed by atoms with Crippen LogP contribution in [0.25, 0.3) is 10.9 Å². The van der Waals surface area contributed by atoms with Gasteiger partial charge in [0.1, 0.15) is 6.54 Å². The van der Waals surface area contributed by atoms with Crippen molar-refractivity contribution in [3.63, 3.8) is 0 Å². The minimum atomic E-state index is 0.0206. The maximum Gasteiger partial charge on any atom is 0.239 e. The van der Waals surface area contributed by atoms with E-state index in [-0.39, 0.29) is 5.91 Å². The number of hydrogen-bond donors (Lipinski definition) is 1. The molecule has 0 aliphatic rings. The molecule has 21 heavy (non-hydrogen) atoms. The predicted molar refractivity (Wildman–Crippen MR) is 82.9 cm³/mol. The fourth-order valence-electron chi connectivity index (χ4n) is 2.37. The van der Waals surface area contributed by atoms with Crippen LogP contribution in [0.15, 0.2) is 60.9 Å². The van der Waals surface area contributed by atoms with Crippen LogP contribution in [0.1, 0.15) is 5.69 Å². The standard InChI is InChI=1S/C17H17N3O/c21-17(19-11-8-15-6-3-4-10-18-15)13-20-12-9-14-5-1-2-7-16(14)20/h1-7,9-10,12H,8,11,13H2,(H,19,21). The van der Waals surface area contributed by atoms with Crippen molar-refractivity contribution >= 4 is 16.8 Å². The minimum Gasteiger partial charge on any atom is -0.354 e. The number of benzene rings is 1. The molecule has 0 saturated carbocycles. The Balaban J connectivity index is 1.55. The van der Waals surface area contributed by atoms with Gasteiger partial charge in [0.25, 0.3) is 0 Å². The van der Waals surface area contributed by atoms with Gasteiger partial charge in [-0.15, -0.1) is 0 Å². The second kappa shape index (κ2) is 6.22. The van der Waals surface area contributed by atoms with Gasteiger partial charge in [-0.2, -0.15) is 0 Å². The van der Waals surface area contributed by atoms with Gasteiger partial charge in [-0.25, -0.2) is 0 Å². The summed E-state index contributed by atoms with van der Waals surface area (Å²) >= 11 is 0. The lowest BCUT2D eigenvalue weighted by Crippen LogP contribution is -2.29. The molecule has 0 radical (unpaired) electrons. The first-order chi connectivity index (χ1) is 10.3. The van der Waals surface area contributed by atoms with Crippen LogP contribution in [0.4, 0.5) is 0 Å². The minimum absolute atomic E-state index is 0.0206. The molecule has 1 aromatic carbocycles. The number of pyridine rings is 1. The predicted octanol–water partition coefficient (Wildman–Crippen LogP) is 2.40. The van der Waals surface area contributed by atoms with Crippen molar-refractivity contribution in [3.8, 4) is 0 Å². The summed E-state index contributed by atoms with van der Waals surface area (Å²) in [6.07, 6.45) is 4.46. The van der Waals surface area contributed by atoms with Crippen molar-refractivity contribution in [3.05, 3.63) is 66.6 Å². The molecule has 0 spiro atoms. The van der Waals surface area contributed by atoms with Gasteiger partial charge in [-0.3, -0.25) is 9.78 Å². The van der Waals surface area contributed by atoms with Gasteiger partial charge in [0.2, 0.25) is 5.91 Å². The molecule has 1 amide bonds. The third-order valence-electron chi connectivity index (χ3n) is 3.42. The molecular weight excluding hydrogens is 262 g/mol. The van der Waals surface area contributed by atoms with Crippen LogP contribution in [0.3, 0.4) is 0 Å². The van der Waals surface area contributed by atoms with Crippen molar-refractivity contribution in [1.82, 2.24) is 14.9 Å². The van der Waals surface area contributed by atoms with Gasteiger partial charge >= 0.3 is 0 Å². The summed E-state index contributed by atoms with van der Waals surface area (Å²) in [5.41, 5.74) is 2.07. The normalized spacial score (nSPS) is 10.7. The summed E-state index contributed by atoms with van der Waals surface area (Å²) in [7, 11) is 0. The molecule has 0 unspecified atom stereocenters. The Morgan fingerprint density at radius 3 is 2.81 bits per heavy atom. The highest BCUT2D eigenvalue weighted by atomic mass is 16.1. The van der Waals surface area contributed by atoms with Gasteiger partial charge in [0.15, 0.2) is 0 Å². The molecule has 0 aliphatic heterocycles. The van der Waals surface area contributed by atoms with Crippen LogP contribution in [-0.2, 0) is 17.8 Å². The topological polar surface area (TPSA) is 46.9 Å². The average Bonchev–Trinajstić information content (AvgIpc) is 2.92. The largest absolute Gasteiger partial charge is 0.354 e. The van der Waals surface area contributed by atoms with E-state index in [0.717, 1.165) is 23.0 Å². The van der Waals surface area contributed by atoms with Crippen molar-refractivity contribution in [2.24, 2.45) is 0 Å². The maximum absolute atomic E-state index is 12.0. The molecular formula is C17H17N3O. The zero-order valence-corrected chi connectivity index (χ0v) is 11.7. The molecule has 1 N–H and O–H groups in total. The Kier molecular flexibility index (Phi) is 3.96. The Labute approximate surface area is 123 Å². The van der Waals surface area contributed by atoms with Crippen molar-refractivity contribution in [2.45, 2.75) is 13.0 Å². The molecule has 3 rings (SSSR count). The van der Waals surface area contributed by atoms with Crippen LogP contribution in [0.2, 0.25) is 0 Å². The van der Waals surface area contributed by atoms with Crippen LogP contribution in [0.5, 0.6) is 0 Å². The van der Waals surface area contributed by atoms with E-state index < -0.39 is 0 Å². The molecule has 4 heteroatoms. The van der Waals surface area contributed by atoms with E-state index in [0.29, 0.717) is 13.1 Å². The number of nitrogens with one attached hydrogen (secondary N) is 1. The third-order valence-corrected chi connectivity index (χ3v) is 3.42. The molecule has 0 bridgehead atoms. The molecule has 106 valence electrons. The zero-order chi connectivity index (χ0) is 14.5. The van der Waals surface area contributed by atoms with E-state index in [4.69, 9.17) is 0 Å². The first-order valence-electron chi connectivity index (χ1n) is 7.03. The lowest BCUT2D eigenvalue weighted by Gasteiger charge is -2.07. The number of nitrogens with zero attached hydrogens (tertiary/aromatic N) is 2. The van der Waals surface area contributed by atoms with E-state index in [1.807, 2.05) is 59.3 Å². The number of fused-ring (bicyclic) bond motifs is 1. The highest BCUT2D eigenvalue weighted by Gasteiger charge is 2.05. The number of amides is 1. The van der Waals surface area contributed by atoms with Gasteiger partial charge in [0, 0.05) is 36.6 Å². The van der Waals surface area contributed by atoms with Crippen molar-refractivity contribution in [2.75, 3.05) is 6.54 Å². The molecule has 0 atom stereocenters. The lowest BCUT2D eigenvalue weighted by molar-refractivity contribution is -0.121. The van der Waals surface area contributed by atoms with E-state index in [1.165, 1.54) is 0 Å². The van der Waals surface area contributed by atoms with Crippen LogP contribution in [-0.4, -0.2) is 22.0 Å². The third kappa shape index (κ3) is 3.28. The average molecular weight is 279 g/mol. The fourth-order valence-corrected chi connectivity index (χ4v) is 2.37.